The molecule has 1 saturated heterocycles. The standard InChI is InChI=1S/C23H27N7O3/c31-22(32)17(21-27-18-7-9-24-13-19(18)28-21)14-30-12-11-29(23(30)33)10-2-4-16-6-5-15-3-1-8-25-20(15)26-16/h5-7,9,13,17H,1-4,8,10-12,14H2,(H,25,26)(H,27,28)(H,31,32)/t17-/m1/s1. The maximum Gasteiger partial charge on any atom is 0.320 e. The number of hydrogen-bond donors (Lipinski definition) is 3. The highest BCUT2D eigenvalue weighted by molar-refractivity contribution is 5.81. The number of urea groups is 1. The van der Waals surface area contributed by atoms with Crippen molar-refractivity contribution in [2.75, 3.05) is 38.0 Å². The van der Waals surface area contributed by atoms with Crippen LogP contribution in [0, 0.1) is 0 Å². The molecule has 0 unspecified atom stereocenters. The lowest BCUT2D eigenvalue weighted by atomic mass is 10.1. The van der Waals surface area contributed by atoms with Gasteiger partial charge in [-0.2, -0.15) is 0 Å². The van der Waals surface area contributed by atoms with Crippen LogP contribution in [0.1, 0.15) is 35.8 Å². The number of rotatable bonds is 8. The second-order valence-corrected chi connectivity index (χ2v) is 8.57. The average Bonchev–Trinajstić information content (AvgIpc) is 3.40. The average molecular weight is 450 g/mol. The number of amides is 2. The van der Waals surface area contributed by atoms with Gasteiger partial charge in [0.05, 0.1) is 17.2 Å². The van der Waals surface area contributed by atoms with E-state index >= 15 is 0 Å². The van der Waals surface area contributed by atoms with Crippen molar-refractivity contribution in [3.63, 3.8) is 0 Å². The molecule has 172 valence electrons. The summed E-state index contributed by atoms with van der Waals surface area (Å²) in [5.74, 6) is -0.610. The molecule has 2 amide bonds. The van der Waals surface area contributed by atoms with E-state index in [4.69, 9.17) is 4.98 Å². The monoisotopic (exact) mass is 449 g/mol. The first-order chi connectivity index (χ1) is 16.1. The van der Waals surface area contributed by atoms with Crippen LogP contribution in [0.4, 0.5) is 10.6 Å². The predicted molar refractivity (Wildman–Crippen MR) is 122 cm³/mol. The van der Waals surface area contributed by atoms with E-state index in [1.807, 2.05) is 0 Å². The Hall–Kier alpha value is -3.69. The molecule has 5 heterocycles. The van der Waals surface area contributed by atoms with Crippen molar-refractivity contribution in [2.24, 2.45) is 0 Å². The molecule has 10 heteroatoms. The number of H-pyrrole nitrogens is 1. The van der Waals surface area contributed by atoms with Crippen LogP contribution in [0.25, 0.3) is 11.0 Å². The van der Waals surface area contributed by atoms with Gasteiger partial charge in [0, 0.05) is 44.6 Å². The molecule has 3 N–H and O–H groups in total. The van der Waals surface area contributed by atoms with E-state index in [-0.39, 0.29) is 12.6 Å². The van der Waals surface area contributed by atoms with Gasteiger partial charge < -0.3 is 25.2 Å². The third kappa shape index (κ3) is 4.46. The lowest BCUT2D eigenvalue weighted by Crippen LogP contribution is -2.37. The van der Waals surface area contributed by atoms with Gasteiger partial charge in [-0.25, -0.2) is 14.8 Å². The Kier molecular flexibility index (Phi) is 5.80. The number of hydrogen-bond acceptors (Lipinski definition) is 6. The van der Waals surface area contributed by atoms with E-state index in [0.717, 1.165) is 43.7 Å². The van der Waals surface area contributed by atoms with Crippen LogP contribution in [-0.4, -0.2) is 79.6 Å². The van der Waals surface area contributed by atoms with Crippen molar-refractivity contribution in [3.05, 3.63) is 47.7 Å². The number of aromatic amines is 1. The van der Waals surface area contributed by atoms with Crippen LogP contribution in [0.5, 0.6) is 0 Å². The van der Waals surface area contributed by atoms with E-state index in [1.54, 1.807) is 28.3 Å². The van der Waals surface area contributed by atoms with Crippen molar-refractivity contribution < 1.29 is 14.7 Å². The van der Waals surface area contributed by atoms with Gasteiger partial charge in [-0.3, -0.25) is 9.78 Å². The number of aryl methyl sites for hydroxylation is 2. The Morgan fingerprint density at radius 3 is 2.91 bits per heavy atom. The number of imidazole rings is 1. The SMILES string of the molecule is O=C(O)[C@H](CN1CCN(CCCc2ccc3c(n2)NCCC3)C1=O)c1nc2ccncc2[nH]1. The molecule has 0 radical (unpaired) electrons. The highest BCUT2D eigenvalue weighted by Gasteiger charge is 2.34. The van der Waals surface area contributed by atoms with Gasteiger partial charge in [0.1, 0.15) is 17.6 Å². The fourth-order valence-electron chi connectivity index (χ4n) is 4.51. The summed E-state index contributed by atoms with van der Waals surface area (Å²) in [7, 11) is 0. The fraction of sp³-hybridized carbons (Fsp3) is 0.435. The molecule has 3 aromatic heterocycles. The maximum absolute atomic E-state index is 12.9. The predicted octanol–water partition coefficient (Wildman–Crippen LogP) is 2.25. The number of aromatic nitrogens is 4. The molecule has 2 aliphatic heterocycles. The summed E-state index contributed by atoms with van der Waals surface area (Å²) in [5.41, 5.74) is 3.63. The quantitative estimate of drug-likeness (QED) is 0.481. The number of carbonyl (C=O) groups excluding carboxylic acids is 1. The summed E-state index contributed by atoms with van der Waals surface area (Å²) in [6.45, 7) is 2.76. The minimum atomic E-state index is -1.01. The fourth-order valence-corrected chi connectivity index (χ4v) is 4.51. The van der Waals surface area contributed by atoms with Crippen molar-refractivity contribution in [1.29, 1.82) is 0 Å². The van der Waals surface area contributed by atoms with Crippen molar-refractivity contribution in [1.82, 2.24) is 29.7 Å². The minimum Gasteiger partial charge on any atom is -0.481 e. The summed E-state index contributed by atoms with van der Waals surface area (Å²) in [6, 6.07) is 5.82. The smallest absolute Gasteiger partial charge is 0.320 e. The molecule has 2 aliphatic rings. The topological polar surface area (TPSA) is 127 Å². The molecule has 0 aliphatic carbocycles. The Morgan fingerprint density at radius 2 is 2.06 bits per heavy atom. The zero-order valence-corrected chi connectivity index (χ0v) is 18.3. The third-order valence-corrected chi connectivity index (χ3v) is 6.33. The van der Waals surface area contributed by atoms with Gasteiger partial charge in [-0.15, -0.1) is 0 Å². The molecule has 33 heavy (non-hydrogen) atoms. The largest absolute Gasteiger partial charge is 0.481 e. The van der Waals surface area contributed by atoms with E-state index < -0.39 is 11.9 Å². The first kappa shape index (κ1) is 21.2. The molecule has 1 fully saturated rings. The van der Waals surface area contributed by atoms with Gasteiger partial charge in [0.2, 0.25) is 0 Å². The number of aliphatic carboxylic acids is 1. The number of carboxylic acids is 1. The van der Waals surface area contributed by atoms with Crippen molar-refractivity contribution in [3.8, 4) is 0 Å². The molecule has 0 bridgehead atoms. The van der Waals surface area contributed by atoms with Gasteiger partial charge >= 0.3 is 12.0 Å². The molecular weight excluding hydrogens is 422 g/mol. The van der Waals surface area contributed by atoms with Gasteiger partial charge in [-0.05, 0) is 43.4 Å². The molecule has 10 nitrogen and oxygen atoms in total. The lowest BCUT2D eigenvalue weighted by molar-refractivity contribution is -0.139. The van der Waals surface area contributed by atoms with E-state index in [9.17, 15) is 14.7 Å². The Morgan fingerprint density at radius 1 is 1.18 bits per heavy atom. The first-order valence-electron chi connectivity index (χ1n) is 11.4. The van der Waals surface area contributed by atoms with Crippen LogP contribution in [0.2, 0.25) is 0 Å². The summed E-state index contributed by atoms with van der Waals surface area (Å²) in [5, 5.41) is 13.1. The zero-order chi connectivity index (χ0) is 22.8. The van der Waals surface area contributed by atoms with Crippen LogP contribution in [-0.2, 0) is 17.6 Å². The number of carbonyl (C=O) groups is 2. The second-order valence-electron chi connectivity index (χ2n) is 8.57. The summed E-state index contributed by atoms with van der Waals surface area (Å²) >= 11 is 0. The van der Waals surface area contributed by atoms with Crippen LogP contribution < -0.4 is 5.32 Å². The minimum absolute atomic E-state index is 0.0793. The normalized spacial score (nSPS) is 16.7. The van der Waals surface area contributed by atoms with Gasteiger partial charge in [-0.1, -0.05) is 6.07 Å². The van der Waals surface area contributed by atoms with Crippen LogP contribution in [0.15, 0.2) is 30.6 Å². The summed E-state index contributed by atoms with van der Waals surface area (Å²) < 4.78 is 0. The number of carboxylic acid groups (broad SMARTS) is 1. The Balaban J connectivity index is 1.17. The van der Waals surface area contributed by atoms with Crippen molar-refractivity contribution in [2.45, 2.75) is 31.6 Å². The number of fused-ring (bicyclic) bond motifs is 2. The molecule has 5 rings (SSSR count). The zero-order valence-electron chi connectivity index (χ0n) is 18.3. The molecule has 0 aromatic carbocycles. The molecule has 1 atom stereocenters. The van der Waals surface area contributed by atoms with Crippen LogP contribution in [0.3, 0.4) is 0 Å². The van der Waals surface area contributed by atoms with E-state index in [2.05, 4.69) is 32.4 Å². The third-order valence-electron chi connectivity index (χ3n) is 6.33. The number of nitrogens with zero attached hydrogens (tertiary/aromatic N) is 5. The highest BCUT2D eigenvalue weighted by Crippen LogP contribution is 2.22. The van der Waals surface area contributed by atoms with Gasteiger partial charge in [0.25, 0.3) is 0 Å². The summed E-state index contributed by atoms with van der Waals surface area (Å²) in [6.07, 6.45) is 7.03. The highest BCUT2D eigenvalue weighted by atomic mass is 16.4. The van der Waals surface area contributed by atoms with Crippen molar-refractivity contribution >= 4 is 28.9 Å². The number of anilines is 1. The first-order valence-corrected chi connectivity index (χ1v) is 11.4. The number of nitrogens with one attached hydrogen (secondary N) is 2. The van der Waals surface area contributed by atoms with Crippen LogP contribution >= 0.6 is 0 Å². The molecular formula is C23H27N7O3. The second kappa shape index (κ2) is 9.05. The molecule has 0 saturated carbocycles. The van der Waals surface area contributed by atoms with E-state index in [1.165, 1.54) is 5.56 Å². The maximum atomic E-state index is 12.9. The molecule has 0 spiro atoms. The summed E-state index contributed by atoms with van der Waals surface area (Å²) in [4.78, 5) is 44.4. The lowest BCUT2D eigenvalue weighted by Gasteiger charge is -2.21. The Bertz CT molecular complexity index is 1140. The van der Waals surface area contributed by atoms with E-state index in [0.29, 0.717) is 36.5 Å². The number of pyridine rings is 2. The Labute approximate surface area is 191 Å². The van der Waals surface area contributed by atoms with Gasteiger partial charge in [0.15, 0.2) is 0 Å². The molecule has 3 aromatic rings.